The SMILES string of the molecule is CCCCC1=CC(c2ccc(CCC)cc2)=C(CCCC)C1. The van der Waals surface area contributed by atoms with Gasteiger partial charge in [0.05, 0.1) is 0 Å². The molecule has 0 spiro atoms. The molecule has 1 aliphatic rings. The fourth-order valence-corrected chi connectivity index (χ4v) is 3.33. The van der Waals surface area contributed by atoms with Gasteiger partial charge in [0.15, 0.2) is 0 Å². The monoisotopic (exact) mass is 296 g/mol. The van der Waals surface area contributed by atoms with Gasteiger partial charge in [0, 0.05) is 0 Å². The molecule has 1 aromatic rings. The Hall–Kier alpha value is -1.30. The second-order valence-corrected chi connectivity index (χ2v) is 6.65. The molecule has 0 bridgehead atoms. The Morgan fingerprint density at radius 1 is 0.773 bits per heavy atom. The number of hydrogen-bond donors (Lipinski definition) is 0. The van der Waals surface area contributed by atoms with E-state index in [1.54, 1.807) is 11.1 Å². The fourth-order valence-electron chi connectivity index (χ4n) is 3.33. The average Bonchev–Trinajstić information content (AvgIpc) is 2.95. The lowest BCUT2D eigenvalue weighted by Gasteiger charge is -2.08. The number of rotatable bonds is 9. The molecule has 0 N–H and O–H groups in total. The van der Waals surface area contributed by atoms with Crippen molar-refractivity contribution in [3.05, 3.63) is 52.6 Å². The first-order valence-corrected chi connectivity index (χ1v) is 9.29. The summed E-state index contributed by atoms with van der Waals surface area (Å²) in [6, 6.07) is 9.32. The number of unbranched alkanes of at least 4 members (excludes halogenated alkanes) is 2. The zero-order valence-corrected chi connectivity index (χ0v) is 14.8. The van der Waals surface area contributed by atoms with Crippen molar-refractivity contribution in [3.63, 3.8) is 0 Å². The Balaban J connectivity index is 2.17. The Bertz CT molecular complexity index is 513. The third kappa shape index (κ3) is 4.60. The average molecular weight is 296 g/mol. The summed E-state index contributed by atoms with van der Waals surface area (Å²) in [5.41, 5.74) is 7.76. The van der Waals surface area contributed by atoms with Crippen LogP contribution in [0, 0.1) is 0 Å². The standard InChI is InChI=1S/C22H32/c1-4-7-10-19-16-21(11-8-5-2)22(17-19)20-14-12-18(9-6-3)13-15-20/h12-15,17H,4-11,16H2,1-3H3. The van der Waals surface area contributed by atoms with E-state index in [0.29, 0.717) is 0 Å². The van der Waals surface area contributed by atoms with Crippen LogP contribution < -0.4 is 0 Å². The van der Waals surface area contributed by atoms with Crippen molar-refractivity contribution in [2.24, 2.45) is 0 Å². The van der Waals surface area contributed by atoms with Crippen molar-refractivity contribution in [1.82, 2.24) is 0 Å². The van der Waals surface area contributed by atoms with Crippen molar-refractivity contribution in [1.29, 1.82) is 0 Å². The van der Waals surface area contributed by atoms with Crippen LogP contribution in [0.3, 0.4) is 0 Å². The normalized spacial score (nSPS) is 14.6. The van der Waals surface area contributed by atoms with E-state index < -0.39 is 0 Å². The second-order valence-electron chi connectivity index (χ2n) is 6.65. The predicted molar refractivity (Wildman–Crippen MR) is 99.1 cm³/mol. The van der Waals surface area contributed by atoms with Crippen molar-refractivity contribution < 1.29 is 0 Å². The van der Waals surface area contributed by atoms with Gasteiger partial charge in [0.25, 0.3) is 0 Å². The van der Waals surface area contributed by atoms with Crippen LogP contribution in [0.15, 0.2) is 41.5 Å². The molecule has 0 fully saturated rings. The van der Waals surface area contributed by atoms with Gasteiger partial charge in [-0.15, -0.1) is 0 Å². The Morgan fingerprint density at radius 2 is 1.45 bits per heavy atom. The highest BCUT2D eigenvalue weighted by Crippen LogP contribution is 2.37. The third-order valence-corrected chi connectivity index (χ3v) is 4.66. The maximum absolute atomic E-state index is 2.50. The number of benzene rings is 1. The van der Waals surface area contributed by atoms with Crippen molar-refractivity contribution in [2.45, 2.75) is 78.6 Å². The summed E-state index contributed by atoms with van der Waals surface area (Å²) in [4.78, 5) is 0. The zero-order chi connectivity index (χ0) is 15.8. The molecule has 0 nitrogen and oxygen atoms in total. The summed E-state index contributed by atoms with van der Waals surface area (Å²) in [6.45, 7) is 6.83. The van der Waals surface area contributed by atoms with E-state index in [1.807, 2.05) is 0 Å². The summed E-state index contributed by atoms with van der Waals surface area (Å²) in [5.74, 6) is 0. The van der Waals surface area contributed by atoms with E-state index >= 15 is 0 Å². The van der Waals surface area contributed by atoms with Gasteiger partial charge in [-0.25, -0.2) is 0 Å². The first-order chi connectivity index (χ1) is 10.8. The van der Waals surface area contributed by atoms with Gasteiger partial charge in [0.1, 0.15) is 0 Å². The molecule has 0 atom stereocenters. The van der Waals surface area contributed by atoms with Crippen LogP contribution in [0.5, 0.6) is 0 Å². The summed E-state index contributed by atoms with van der Waals surface area (Å²) in [5, 5.41) is 0. The zero-order valence-electron chi connectivity index (χ0n) is 14.8. The molecule has 1 aliphatic carbocycles. The molecule has 2 rings (SSSR count). The molecule has 22 heavy (non-hydrogen) atoms. The smallest absolute Gasteiger partial charge is 0.00959 e. The van der Waals surface area contributed by atoms with Crippen LogP contribution in [0.2, 0.25) is 0 Å². The lowest BCUT2D eigenvalue weighted by Crippen LogP contribution is -1.89. The summed E-state index contributed by atoms with van der Waals surface area (Å²) >= 11 is 0. The number of allylic oxidation sites excluding steroid dienone is 4. The van der Waals surface area contributed by atoms with Gasteiger partial charge in [-0.2, -0.15) is 0 Å². The molecular formula is C22H32. The second kappa shape index (κ2) is 8.98. The minimum absolute atomic E-state index is 1.19. The van der Waals surface area contributed by atoms with E-state index in [2.05, 4.69) is 51.1 Å². The Labute approximate surface area is 137 Å². The highest BCUT2D eigenvalue weighted by molar-refractivity contribution is 5.80. The van der Waals surface area contributed by atoms with E-state index in [4.69, 9.17) is 0 Å². The maximum Gasteiger partial charge on any atom is -0.00959 e. The minimum Gasteiger partial charge on any atom is -0.0655 e. The van der Waals surface area contributed by atoms with Crippen LogP contribution in [-0.2, 0) is 6.42 Å². The van der Waals surface area contributed by atoms with Crippen molar-refractivity contribution in [2.75, 3.05) is 0 Å². The van der Waals surface area contributed by atoms with Gasteiger partial charge in [-0.3, -0.25) is 0 Å². The van der Waals surface area contributed by atoms with Crippen LogP contribution in [0.25, 0.3) is 5.57 Å². The van der Waals surface area contributed by atoms with Crippen molar-refractivity contribution in [3.8, 4) is 0 Å². The Morgan fingerprint density at radius 3 is 2.09 bits per heavy atom. The molecule has 0 aliphatic heterocycles. The molecule has 0 heterocycles. The molecule has 0 radical (unpaired) electrons. The van der Waals surface area contributed by atoms with Gasteiger partial charge >= 0.3 is 0 Å². The fraction of sp³-hybridized carbons (Fsp3) is 0.545. The molecule has 0 saturated heterocycles. The molecule has 0 saturated carbocycles. The highest BCUT2D eigenvalue weighted by Gasteiger charge is 2.16. The Kier molecular flexibility index (Phi) is 6.96. The number of hydrogen-bond acceptors (Lipinski definition) is 0. The third-order valence-electron chi connectivity index (χ3n) is 4.66. The predicted octanol–water partition coefficient (Wildman–Crippen LogP) is 7.10. The van der Waals surface area contributed by atoms with E-state index in [1.165, 1.54) is 74.5 Å². The van der Waals surface area contributed by atoms with Crippen LogP contribution in [-0.4, -0.2) is 0 Å². The maximum atomic E-state index is 2.50. The topological polar surface area (TPSA) is 0 Å². The van der Waals surface area contributed by atoms with Gasteiger partial charge in [0.2, 0.25) is 0 Å². The van der Waals surface area contributed by atoms with Gasteiger partial charge in [-0.1, -0.05) is 81.5 Å². The molecule has 1 aromatic carbocycles. The van der Waals surface area contributed by atoms with Crippen LogP contribution >= 0.6 is 0 Å². The first-order valence-electron chi connectivity index (χ1n) is 9.29. The first kappa shape index (κ1) is 17.1. The molecule has 0 amide bonds. The molecule has 120 valence electrons. The molecule has 0 unspecified atom stereocenters. The molecular weight excluding hydrogens is 264 g/mol. The summed E-state index contributed by atoms with van der Waals surface area (Å²) < 4.78 is 0. The minimum atomic E-state index is 1.19. The van der Waals surface area contributed by atoms with Crippen molar-refractivity contribution >= 4 is 5.57 Å². The van der Waals surface area contributed by atoms with E-state index in [9.17, 15) is 0 Å². The quantitative estimate of drug-likeness (QED) is 0.455. The largest absolute Gasteiger partial charge is 0.0655 e. The lowest BCUT2D eigenvalue weighted by atomic mass is 9.97. The molecule has 0 heteroatoms. The van der Waals surface area contributed by atoms with Crippen LogP contribution in [0.4, 0.5) is 0 Å². The summed E-state index contributed by atoms with van der Waals surface area (Å²) in [7, 11) is 0. The number of aryl methyl sites for hydroxylation is 1. The highest BCUT2D eigenvalue weighted by atomic mass is 14.2. The summed E-state index contributed by atoms with van der Waals surface area (Å²) in [6.07, 6.45) is 13.9. The van der Waals surface area contributed by atoms with E-state index in [0.717, 1.165) is 0 Å². The van der Waals surface area contributed by atoms with Crippen LogP contribution in [0.1, 0.15) is 83.3 Å². The lowest BCUT2D eigenvalue weighted by molar-refractivity contribution is 0.746. The van der Waals surface area contributed by atoms with Gasteiger partial charge in [-0.05, 0) is 55.2 Å². The molecule has 0 aromatic heterocycles. The van der Waals surface area contributed by atoms with E-state index in [-0.39, 0.29) is 0 Å². The van der Waals surface area contributed by atoms with Gasteiger partial charge < -0.3 is 0 Å².